The second-order valence-corrected chi connectivity index (χ2v) is 7.67. The minimum Gasteiger partial charge on any atom is -0.497 e. The Labute approximate surface area is 192 Å². The lowest BCUT2D eigenvalue weighted by Gasteiger charge is -2.23. The molecule has 10 heteroatoms. The van der Waals surface area contributed by atoms with Crippen molar-refractivity contribution in [2.45, 2.75) is 27.3 Å². The summed E-state index contributed by atoms with van der Waals surface area (Å²) in [4.78, 5) is 11.3. The summed E-state index contributed by atoms with van der Waals surface area (Å²) in [5, 5.41) is 8.75. The van der Waals surface area contributed by atoms with Crippen LogP contribution in [-0.2, 0) is 11.3 Å². The van der Waals surface area contributed by atoms with Crippen LogP contribution in [0.5, 0.6) is 11.5 Å². The summed E-state index contributed by atoms with van der Waals surface area (Å²) in [5.74, 6) is 3.38. The van der Waals surface area contributed by atoms with Crippen LogP contribution in [0.3, 0.4) is 0 Å². The molecule has 4 rings (SSSR count). The standard InChI is InChI=1S/C23H28N6O4/c1-14-11-21(28(9-10-30-4)13-20-25-16(3)27-33-20)29-23(24-14)22(15(2)26-29)18-8-7-17(31-5)12-19(18)32-6/h7-8,11-12H,9-10,13H2,1-6H3. The lowest BCUT2D eigenvalue weighted by Crippen LogP contribution is -2.29. The monoisotopic (exact) mass is 452 g/mol. The highest BCUT2D eigenvalue weighted by molar-refractivity contribution is 5.85. The molecule has 0 saturated heterocycles. The third-order valence-corrected chi connectivity index (χ3v) is 5.34. The zero-order valence-electron chi connectivity index (χ0n) is 19.7. The van der Waals surface area contributed by atoms with Crippen LogP contribution in [0.2, 0.25) is 0 Å². The number of nitrogens with zero attached hydrogens (tertiary/aromatic N) is 6. The van der Waals surface area contributed by atoms with Crippen LogP contribution in [0.1, 0.15) is 23.1 Å². The first kappa shape index (κ1) is 22.5. The Kier molecular flexibility index (Phi) is 6.45. The lowest BCUT2D eigenvalue weighted by molar-refractivity contribution is 0.204. The van der Waals surface area contributed by atoms with Gasteiger partial charge in [-0.05, 0) is 32.9 Å². The van der Waals surface area contributed by atoms with Gasteiger partial charge in [-0.3, -0.25) is 0 Å². The second kappa shape index (κ2) is 9.45. The van der Waals surface area contributed by atoms with Gasteiger partial charge in [0.05, 0.1) is 38.6 Å². The Bertz CT molecular complexity index is 1270. The van der Waals surface area contributed by atoms with Crippen molar-refractivity contribution in [1.29, 1.82) is 0 Å². The number of methoxy groups -OCH3 is 3. The largest absolute Gasteiger partial charge is 0.497 e. The van der Waals surface area contributed by atoms with Gasteiger partial charge in [0.15, 0.2) is 11.5 Å². The molecule has 33 heavy (non-hydrogen) atoms. The van der Waals surface area contributed by atoms with Gasteiger partial charge in [0.2, 0.25) is 5.89 Å². The highest BCUT2D eigenvalue weighted by Crippen LogP contribution is 2.38. The molecule has 0 unspecified atom stereocenters. The van der Waals surface area contributed by atoms with Gasteiger partial charge in [0.25, 0.3) is 0 Å². The Morgan fingerprint density at radius 3 is 2.52 bits per heavy atom. The molecule has 0 N–H and O–H groups in total. The molecule has 0 aliphatic carbocycles. The van der Waals surface area contributed by atoms with Gasteiger partial charge in [-0.15, -0.1) is 0 Å². The first-order valence-electron chi connectivity index (χ1n) is 10.6. The van der Waals surface area contributed by atoms with Crippen molar-refractivity contribution in [3.63, 3.8) is 0 Å². The first-order chi connectivity index (χ1) is 15.9. The Morgan fingerprint density at radius 1 is 1.03 bits per heavy atom. The van der Waals surface area contributed by atoms with E-state index in [9.17, 15) is 0 Å². The zero-order chi connectivity index (χ0) is 23.5. The fourth-order valence-electron chi connectivity index (χ4n) is 3.81. The van der Waals surface area contributed by atoms with Crippen LogP contribution < -0.4 is 14.4 Å². The zero-order valence-corrected chi connectivity index (χ0v) is 19.7. The number of fused-ring (bicyclic) bond motifs is 1. The summed E-state index contributed by atoms with van der Waals surface area (Å²) in [6, 6.07) is 7.72. The van der Waals surface area contributed by atoms with E-state index in [0.717, 1.165) is 39.7 Å². The molecular formula is C23H28N6O4. The summed E-state index contributed by atoms with van der Waals surface area (Å²) in [6.45, 7) is 7.28. The quantitative estimate of drug-likeness (QED) is 0.378. The van der Waals surface area contributed by atoms with Crippen molar-refractivity contribution >= 4 is 11.5 Å². The van der Waals surface area contributed by atoms with Crippen LogP contribution >= 0.6 is 0 Å². The second-order valence-electron chi connectivity index (χ2n) is 7.67. The molecule has 174 valence electrons. The molecule has 0 radical (unpaired) electrons. The molecule has 0 aliphatic heterocycles. The van der Waals surface area contributed by atoms with Crippen molar-refractivity contribution < 1.29 is 18.7 Å². The highest BCUT2D eigenvalue weighted by Gasteiger charge is 2.22. The number of aryl methyl sites for hydroxylation is 3. The van der Waals surface area contributed by atoms with Crippen LogP contribution in [0.15, 0.2) is 28.8 Å². The average Bonchev–Trinajstić information content (AvgIpc) is 3.37. The molecule has 0 aliphatic rings. The topological polar surface area (TPSA) is 100 Å². The Balaban J connectivity index is 1.87. The van der Waals surface area contributed by atoms with Crippen molar-refractivity contribution in [3.05, 3.63) is 47.4 Å². The highest BCUT2D eigenvalue weighted by atomic mass is 16.5. The Hall–Kier alpha value is -3.66. The minimum absolute atomic E-state index is 0.419. The summed E-state index contributed by atoms with van der Waals surface area (Å²) in [5.41, 5.74) is 4.22. The van der Waals surface area contributed by atoms with Crippen molar-refractivity contribution in [1.82, 2.24) is 24.7 Å². The van der Waals surface area contributed by atoms with Crippen molar-refractivity contribution in [3.8, 4) is 22.6 Å². The van der Waals surface area contributed by atoms with Gasteiger partial charge in [-0.2, -0.15) is 14.6 Å². The molecule has 10 nitrogen and oxygen atoms in total. The maximum atomic E-state index is 5.66. The van der Waals surface area contributed by atoms with E-state index in [1.165, 1.54) is 0 Å². The number of anilines is 1. The molecule has 0 bridgehead atoms. The number of hydrogen-bond acceptors (Lipinski definition) is 9. The van der Waals surface area contributed by atoms with E-state index in [0.29, 0.717) is 37.2 Å². The fraction of sp³-hybridized carbons (Fsp3) is 0.391. The number of aromatic nitrogens is 5. The third-order valence-electron chi connectivity index (χ3n) is 5.34. The molecule has 3 aromatic heterocycles. The normalized spacial score (nSPS) is 11.2. The van der Waals surface area contributed by atoms with E-state index in [-0.39, 0.29) is 0 Å². The fourth-order valence-corrected chi connectivity index (χ4v) is 3.81. The van der Waals surface area contributed by atoms with E-state index < -0.39 is 0 Å². The maximum Gasteiger partial charge on any atom is 0.246 e. The van der Waals surface area contributed by atoms with Gasteiger partial charge in [-0.1, -0.05) is 5.16 Å². The molecule has 1 aromatic carbocycles. The molecule has 3 heterocycles. The smallest absolute Gasteiger partial charge is 0.246 e. The lowest BCUT2D eigenvalue weighted by atomic mass is 10.0. The van der Waals surface area contributed by atoms with Crippen LogP contribution in [0.25, 0.3) is 16.8 Å². The minimum atomic E-state index is 0.419. The van der Waals surface area contributed by atoms with Gasteiger partial charge in [0.1, 0.15) is 17.3 Å². The molecule has 0 saturated carbocycles. The first-order valence-corrected chi connectivity index (χ1v) is 10.6. The van der Waals surface area contributed by atoms with Crippen LogP contribution in [0, 0.1) is 20.8 Å². The van der Waals surface area contributed by atoms with Crippen molar-refractivity contribution in [2.75, 3.05) is 39.4 Å². The predicted molar refractivity (Wildman–Crippen MR) is 123 cm³/mol. The molecule has 0 amide bonds. The number of ether oxygens (including phenoxy) is 3. The molecular weight excluding hydrogens is 424 g/mol. The summed E-state index contributed by atoms with van der Waals surface area (Å²) in [7, 11) is 4.95. The van der Waals surface area contributed by atoms with Gasteiger partial charge < -0.3 is 23.6 Å². The Morgan fingerprint density at radius 2 is 1.85 bits per heavy atom. The van der Waals surface area contributed by atoms with E-state index in [4.69, 9.17) is 28.8 Å². The number of hydrogen-bond donors (Lipinski definition) is 0. The SMILES string of the molecule is COCCN(Cc1nc(C)no1)c1cc(C)nc2c(-c3ccc(OC)cc3OC)c(C)nn12. The summed E-state index contributed by atoms with van der Waals surface area (Å²) < 4.78 is 23.6. The van der Waals surface area contributed by atoms with E-state index >= 15 is 0 Å². The van der Waals surface area contributed by atoms with Gasteiger partial charge in [-0.25, -0.2) is 4.98 Å². The summed E-state index contributed by atoms with van der Waals surface area (Å²) in [6.07, 6.45) is 0. The number of benzene rings is 1. The van der Waals surface area contributed by atoms with Crippen LogP contribution in [-0.4, -0.2) is 59.2 Å². The molecule has 4 aromatic rings. The van der Waals surface area contributed by atoms with E-state index in [2.05, 4.69) is 15.0 Å². The average molecular weight is 453 g/mol. The van der Waals surface area contributed by atoms with Crippen molar-refractivity contribution in [2.24, 2.45) is 0 Å². The molecule has 0 atom stereocenters. The maximum absolute atomic E-state index is 5.66. The van der Waals surface area contributed by atoms with Gasteiger partial charge in [0, 0.05) is 37.0 Å². The summed E-state index contributed by atoms with van der Waals surface area (Å²) >= 11 is 0. The predicted octanol–water partition coefficient (Wildman–Crippen LogP) is 3.37. The molecule has 0 spiro atoms. The van der Waals surface area contributed by atoms with Gasteiger partial charge >= 0.3 is 0 Å². The number of rotatable bonds is 9. The molecule has 0 fully saturated rings. The third kappa shape index (κ3) is 4.47. The van der Waals surface area contributed by atoms with Crippen LogP contribution in [0.4, 0.5) is 5.82 Å². The van der Waals surface area contributed by atoms with E-state index in [1.807, 2.05) is 42.6 Å². The van der Waals surface area contributed by atoms with E-state index in [1.54, 1.807) is 28.3 Å².